The van der Waals surface area contributed by atoms with E-state index in [4.69, 9.17) is 5.11 Å². The van der Waals surface area contributed by atoms with Crippen molar-refractivity contribution < 1.29 is 15.0 Å². The number of aromatic amines is 2. The van der Waals surface area contributed by atoms with Crippen molar-refractivity contribution in [3.63, 3.8) is 0 Å². The van der Waals surface area contributed by atoms with Gasteiger partial charge in [-0.15, -0.1) is 0 Å². The largest absolute Gasteiger partial charge is 0.494 e. The molecule has 0 aromatic carbocycles. The van der Waals surface area contributed by atoms with Gasteiger partial charge in [-0.05, 0) is 25.7 Å². The fourth-order valence-corrected chi connectivity index (χ4v) is 1.76. The molecular formula is C11H16N2O5. The molecule has 0 bridgehead atoms. The van der Waals surface area contributed by atoms with E-state index in [-0.39, 0.29) is 12.0 Å². The topological polar surface area (TPSA) is 123 Å². The molecule has 0 radical (unpaired) electrons. The first-order valence-corrected chi connectivity index (χ1v) is 5.73. The lowest BCUT2D eigenvalue weighted by Gasteiger charge is -2.09. The minimum atomic E-state index is -0.864. The van der Waals surface area contributed by atoms with E-state index < -0.39 is 29.0 Å². The van der Waals surface area contributed by atoms with Gasteiger partial charge in [-0.25, -0.2) is 4.79 Å². The third-order valence-electron chi connectivity index (χ3n) is 2.84. The molecule has 0 aliphatic rings. The van der Waals surface area contributed by atoms with Crippen LogP contribution in [0.5, 0.6) is 5.88 Å². The Morgan fingerprint density at radius 1 is 1.33 bits per heavy atom. The number of hydrogen-bond acceptors (Lipinski definition) is 4. The Hall–Kier alpha value is -2.05. The molecule has 18 heavy (non-hydrogen) atoms. The van der Waals surface area contributed by atoms with Gasteiger partial charge in [0.2, 0.25) is 5.88 Å². The second kappa shape index (κ2) is 6.04. The van der Waals surface area contributed by atoms with Gasteiger partial charge in [0.05, 0.1) is 11.5 Å². The molecule has 0 spiro atoms. The summed E-state index contributed by atoms with van der Waals surface area (Å²) in [5.41, 5.74) is -1.33. The predicted octanol–water partition coefficient (Wildman–Crippen LogP) is 0.202. The summed E-state index contributed by atoms with van der Waals surface area (Å²) in [7, 11) is 0. The first-order chi connectivity index (χ1) is 8.45. The SMILES string of the molecule is CCC(CCCc1c(O)[nH]c(=O)[nH]c1=O)C(=O)O. The second-order valence-electron chi connectivity index (χ2n) is 4.07. The Morgan fingerprint density at radius 2 is 2.00 bits per heavy atom. The molecule has 0 amide bonds. The maximum atomic E-state index is 11.4. The first kappa shape index (κ1) is 14.0. The van der Waals surface area contributed by atoms with Crippen molar-refractivity contribution >= 4 is 5.97 Å². The number of hydrogen-bond donors (Lipinski definition) is 4. The number of rotatable bonds is 6. The standard InChI is InChI=1S/C11H16N2O5/c1-2-6(10(16)17)4-3-5-7-8(14)12-11(18)13-9(7)15/h6H,2-5H2,1H3,(H,16,17)(H3,12,13,14,15,18). The van der Waals surface area contributed by atoms with E-state index in [2.05, 4.69) is 4.98 Å². The van der Waals surface area contributed by atoms with Crippen LogP contribution in [0.4, 0.5) is 0 Å². The number of nitrogens with one attached hydrogen (secondary N) is 2. The van der Waals surface area contributed by atoms with Gasteiger partial charge in [0, 0.05) is 0 Å². The lowest BCUT2D eigenvalue weighted by atomic mass is 9.98. The number of aromatic hydroxyl groups is 1. The van der Waals surface area contributed by atoms with Gasteiger partial charge in [-0.1, -0.05) is 6.92 Å². The minimum Gasteiger partial charge on any atom is -0.494 e. The molecule has 1 aromatic heterocycles. The van der Waals surface area contributed by atoms with Crippen LogP contribution >= 0.6 is 0 Å². The van der Waals surface area contributed by atoms with Gasteiger partial charge in [0.15, 0.2) is 0 Å². The van der Waals surface area contributed by atoms with E-state index in [1.807, 2.05) is 4.98 Å². The highest BCUT2D eigenvalue weighted by Crippen LogP contribution is 2.15. The molecule has 0 aliphatic carbocycles. The van der Waals surface area contributed by atoms with Crippen molar-refractivity contribution in [1.29, 1.82) is 0 Å². The monoisotopic (exact) mass is 256 g/mol. The van der Waals surface area contributed by atoms with Gasteiger partial charge >= 0.3 is 11.7 Å². The quantitative estimate of drug-likeness (QED) is 0.579. The van der Waals surface area contributed by atoms with E-state index >= 15 is 0 Å². The molecule has 1 aromatic rings. The molecule has 0 saturated heterocycles. The smallest absolute Gasteiger partial charge is 0.328 e. The lowest BCUT2D eigenvalue weighted by Crippen LogP contribution is -2.25. The minimum absolute atomic E-state index is 0.0786. The van der Waals surface area contributed by atoms with Crippen molar-refractivity contribution in [3.8, 4) is 5.88 Å². The molecule has 7 heteroatoms. The normalized spacial score (nSPS) is 12.3. The summed E-state index contributed by atoms with van der Waals surface area (Å²) >= 11 is 0. The summed E-state index contributed by atoms with van der Waals surface area (Å²) in [5.74, 6) is -1.77. The van der Waals surface area contributed by atoms with Crippen LogP contribution < -0.4 is 11.2 Å². The van der Waals surface area contributed by atoms with Gasteiger partial charge in [-0.3, -0.25) is 19.6 Å². The zero-order valence-electron chi connectivity index (χ0n) is 10.0. The van der Waals surface area contributed by atoms with E-state index in [0.717, 1.165) is 0 Å². The average Bonchev–Trinajstić information content (AvgIpc) is 2.26. The molecule has 1 rings (SSSR count). The maximum absolute atomic E-state index is 11.4. The zero-order chi connectivity index (χ0) is 13.7. The molecule has 0 aliphatic heterocycles. The molecule has 100 valence electrons. The summed E-state index contributed by atoms with van der Waals surface area (Å²) in [4.78, 5) is 37.1. The predicted molar refractivity (Wildman–Crippen MR) is 63.7 cm³/mol. The highest BCUT2D eigenvalue weighted by molar-refractivity contribution is 5.69. The number of carboxylic acids is 1. The van der Waals surface area contributed by atoms with Crippen LogP contribution in [0.3, 0.4) is 0 Å². The van der Waals surface area contributed by atoms with Gasteiger partial charge in [0.1, 0.15) is 0 Å². The molecule has 0 fully saturated rings. The Labute approximate surface area is 102 Å². The van der Waals surface area contributed by atoms with Crippen LogP contribution in [-0.4, -0.2) is 26.2 Å². The van der Waals surface area contributed by atoms with Gasteiger partial charge < -0.3 is 10.2 Å². The Bertz CT molecular complexity index is 531. The van der Waals surface area contributed by atoms with Crippen LogP contribution in [0.15, 0.2) is 9.59 Å². The van der Waals surface area contributed by atoms with E-state index in [1.165, 1.54) is 0 Å². The van der Waals surface area contributed by atoms with E-state index in [9.17, 15) is 19.5 Å². The van der Waals surface area contributed by atoms with E-state index in [0.29, 0.717) is 19.3 Å². The number of aliphatic carboxylic acids is 1. The van der Waals surface area contributed by atoms with Crippen molar-refractivity contribution in [2.45, 2.75) is 32.6 Å². The summed E-state index contributed by atoms with van der Waals surface area (Å²) < 4.78 is 0. The van der Waals surface area contributed by atoms with Crippen molar-refractivity contribution in [3.05, 3.63) is 26.4 Å². The molecule has 1 heterocycles. The summed E-state index contributed by atoms with van der Waals surface area (Å²) in [5, 5.41) is 18.3. The van der Waals surface area contributed by atoms with Crippen LogP contribution in [0.25, 0.3) is 0 Å². The molecule has 7 nitrogen and oxygen atoms in total. The number of carboxylic acid groups (broad SMARTS) is 1. The van der Waals surface area contributed by atoms with Crippen molar-refractivity contribution in [1.82, 2.24) is 9.97 Å². The zero-order valence-corrected chi connectivity index (χ0v) is 10.0. The Kier molecular flexibility index (Phi) is 4.70. The molecule has 1 unspecified atom stereocenters. The second-order valence-corrected chi connectivity index (χ2v) is 4.07. The summed E-state index contributed by atoms with van der Waals surface area (Å²) in [6.07, 6.45) is 1.61. The van der Waals surface area contributed by atoms with Crippen LogP contribution in [0.2, 0.25) is 0 Å². The molecule has 4 N–H and O–H groups in total. The van der Waals surface area contributed by atoms with Gasteiger partial charge in [0.25, 0.3) is 5.56 Å². The van der Waals surface area contributed by atoms with Gasteiger partial charge in [-0.2, -0.15) is 0 Å². The summed E-state index contributed by atoms with van der Waals surface area (Å²) in [6.45, 7) is 1.78. The van der Waals surface area contributed by atoms with Crippen LogP contribution in [-0.2, 0) is 11.2 Å². The number of aromatic nitrogens is 2. The fourth-order valence-electron chi connectivity index (χ4n) is 1.76. The van der Waals surface area contributed by atoms with Crippen LogP contribution in [0.1, 0.15) is 31.7 Å². The average molecular weight is 256 g/mol. The molecular weight excluding hydrogens is 240 g/mol. The highest BCUT2D eigenvalue weighted by Gasteiger charge is 2.15. The van der Waals surface area contributed by atoms with E-state index in [1.54, 1.807) is 6.92 Å². The highest BCUT2D eigenvalue weighted by atomic mass is 16.4. The van der Waals surface area contributed by atoms with Crippen molar-refractivity contribution in [2.75, 3.05) is 0 Å². The van der Waals surface area contributed by atoms with Crippen molar-refractivity contribution in [2.24, 2.45) is 5.92 Å². The Balaban J connectivity index is 2.68. The van der Waals surface area contributed by atoms with Crippen LogP contribution in [0, 0.1) is 5.92 Å². The third-order valence-corrected chi connectivity index (χ3v) is 2.84. The Morgan fingerprint density at radius 3 is 2.50 bits per heavy atom. The number of carbonyl (C=O) groups is 1. The molecule has 0 saturated carbocycles. The number of H-pyrrole nitrogens is 2. The molecule has 1 atom stereocenters. The summed E-state index contributed by atoms with van der Waals surface area (Å²) in [6, 6.07) is 0. The lowest BCUT2D eigenvalue weighted by molar-refractivity contribution is -0.142. The first-order valence-electron chi connectivity index (χ1n) is 5.73. The fraction of sp³-hybridized carbons (Fsp3) is 0.545. The third kappa shape index (κ3) is 3.47. The maximum Gasteiger partial charge on any atom is 0.328 e.